The molecule has 4 nitrogen and oxygen atoms in total. The Balaban J connectivity index is 1.33. The first-order chi connectivity index (χ1) is 16.4. The SMILES string of the molecule is CCOc1cc(-c2ccco2)cc([C@H]2CC[C@H]3[C@@H]4CC=C5C[C@@H](O)CC[C@]5(C)[C@H]4CC[C@]23C)n1. The molecule has 6 rings (SSSR count). The number of nitrogens with zero attached hydrogens (tertiary/aromatic N) is 1. The first-order valence-electron chi connectivity index (χ1n) is 13.5. The lowest BCUT2D eigenvalue weighted by atomic mass is 9.47. The van der Waals surface area contributed by atoms with E-state index < -0.39 is 0 Å². The van der Waals surface area contributed by atoms with Crippen molar-refractivity contribution in [3.8, 4) is 17.2 Å². The Morgan fingerprint density at radius 1 is 1.12 bits per heavy atom. The van der Waals surface area contributed by atoms with Crippen LogP contribution in [-0.2, 0) is 0 Å². The summed E-state index contributed by atoms with van der Waals surface area (Å²) in [6, 6.07) is 8.24. The van der Waals surface area contributed by atoms with Gasteiger partial charge in [-0.3, -0.25) is 0 Å². The normalized spacial score (nSPS) is 39.1. The molecule has 0 aliphatic heterocycles. The minimum Gasteiger partial charge on any atom is -0.478 e. The van der Waals surface area contributed by atoms with Crippen LogP contribution in [0.1, 0.15) is 83.7 Å². The van der Waals surface area contributed by atoms with E-state index in [1.165, 1.54) is 37.8 Å². The van der Waals surface area contributed by atoms with Crippen molar-refractivity contribution in [2.45, 2.75) is 84.2 Å². The second kappa shape index (κ2) is 8.26. The Bertz CT molecular complexity index is 1070. The summed E-state index contributed by atoms with van der Waals surface area (Å²) >= 11 is 0. The van der Waals surface area contributed by atoms with Gasteiger partial charge in [-0.2, -0.15) is 0 Å². The molecule has 4 aliphatic rings. The molecule has 3 fully saturated rings. The number of fused-ring (bicyclic) bond motifs is 5. The fraction of sp³-hybridized carbons (Fsp3) is 0.633. The van der Waals surface area contributed by atoms with Gasteiger partial charge in [-0.25, -0.2) is 4.98 Å². The molecule has 34 heavy (non-hydrogen) atoms. The largest absolute Gasteiger partial charge is 0.478 e. The molecule has 2 aromatic rings. The van der Waals surface area contributed by atoms with Crippen molar-refractivity contribution in [2.24, 2.45) is 28.6 Å². The van der Waals surface area contributed by atoms with E-state index in [0.29, 0.717) is 23.8 Å². The van der Waals surface area contributed by atoms with Crippen LogP contribution in [0.5, 0.6) is 5.88 Å². The number of furan rings is 1. The predicted octanol–water partition coefficient (Wildman–Crippen LogP) is 7.15. The highest BCUT2D eigenvalue weighted by atomic mass is 16.5. The van der Waals surface area contributed by atoms with Crippen molar-refractivity contribution in [1.29, 1.82) is 0 Å². The second-order valence-electron chi connectivity index (χ2n) is 11.9. The molecule has 4 aliphatic carbocycles. The molecule has 2 aromatic heterocycles. The number of aromatic nitrogens is 1. The van der Waals surface area contributed by atoms with Crippen molar-refractivity contribution < 1.29 is 14.3 Å². The molecule has 4 heteroatoms. The average Bonchev–Trinajstić information content (AvgIpc) is 3.47. The third-order valence-electron chi connectivity index (χ3n) is 10.4. The van der Waals surface area contributed by atoms with E-state index in [4.69, 9.17) is 14.1 Å². The van der Waals surface area contributed by atoms with E-state index in [1.807, 2.05) is 25.1 Å². The van der Waals surface area contributed by atoms with Crippen LogP contribution in [-0.4, -0.2) is 22.8 Å². The summed E-state index contributed by atoms with van der Waals surface area (Å²) in [5.41, 5.74) is 4.37. The summed E-state index contributed by atoms with van der Waals surface area (Å²) in [5, 5.41) is 10.3. The van der Waals surface area contributed by atoms with E-state index >= 15 is 0 Å². The van der Waals surface area contributed by atoms with Crippen LogP contribution in [0.4, 0.5) is 0 Å². The van der Waals surface area contributed by atoms with Gasteiger partial charge < -0.3 is 14.3 Å². The molecule has 0 aromatic carbocycles. The zero-order valence-electron chi connectivity index (χ0n) is 20.9. The second-order valence-corrected chi connectivity index (χ2v) is 11.9. The third kappa shape index (κ3) is 3.39. The molecule has 0 spiro atoms. The van der Waals surface area contributed by atoms with Crippen molar-refractivity contribution >= 4 is 0 Å². The zero-order valence-corrected chi connectivity index (χ0v) is 20.9. The first-order valence-corrected chi connectivity index (χ1v) is 13.5. The van der Waals surface area contributed by atoms with Crippen LogP contribution in [0.15, 0.2) is 46.6 Å². The molecule has 3 saturated carbocycles. The number of pyridine rings is 1. The Labute approximate surface area is 203 Å². The lowest BCUT2D eigenvalue weighted by Gasteiger charge is -2.58. The lowest BCUT2D eigenvalue weighted by molar-refractivity contribution is -0.0412. The number of aliphatic hydroxyl groups excluding tert-OH is 1. The lowest BCUT2D eigenvalue weighted by Crippen LogP contribution is -2.50. The number of ether oxygens (including phenoxy) is 1. The van der Waals surface area contributed by atoms with Crippen LogP contribution >= 0.6 is 0 Å². The fourth-order valence-electron chi connectivity index (χ4n) is 8.64. The molecule has 0 saturated heterocycles. The van der Waals surface area contributed by atoms with Crippen molar-refractivity contribution in [3.05, 3.63) is 47.9 Å². The molecule has 2 heterocycles. The number of rotatable bonds is 4. The smallest absolute Gasteiger partial charge is 0.214 e. The maximum absolute atomic E-state index is 10.3. The van der Waals surface area contributed by atoms with Crippen LogP contribution in [0, 0.1) is 28.6 Å². The summed E-state index contributed by atoms with van der Waals surface area (Å²) in [5.74, 6) is 4.31. The maximum Gasteiger partial charge on any atom is 0.214 e. The van der Waals surface area contributed by atoms with Gasteiger partial charge in [0.1, 0.15) is 5.76 Å². The van der Waals surface area contributed by atoms with Crippen LogP contribution in [0.3, 0.4) is 0 Å². The fourth-order valence-corrected chi connectivity index (χ4v) is 8.64. The number of hydrogen-bond donors (Lipinski definition) is 1. The van der Waals surface area contributed by atoms with Crippen molar-refractivity contribution in [1.82, 2.24) is 4.98 Å². The minimum atomic E-state index is -0.132. The summed E-state index contributed by atoms with van der Waals surface area (Å²) in [4.78, 5) is 5.04. The Morgan fingerprint density at radius 3 is 2.79 bits per heavy atom. The summed E-state index contributed by atoms with van der Waals surface area (Å²) < 4.78 is 11.6. The molecule has 0 radical (unpaired) electrons. The molecular formula is C30H39NO3. The molecule has 0 unspecified atom stereocenters. The maximum atomic E-state index is 10.3. The average molecular weight is 462 g/mol. The molecule has 182 valence electrons. The Morgan fingerprint density at radius 2 is 2.00 bits per heavy atom. The standard InChI is InChI=1S/C30H39NO3/c1-4-33-28-17-19(27-6-5-15-34-27)16-26(31-28)25-10-9-23-22-8-7-20-18-21(32)11-13-29(20,2)24(22)12-14-30(23,25)3/h5-7,15-17,21-25,32H,4,8-14,18H2,1-3H3/t21-,22-,23-,24-,25+,29-,30-/m0/s1. The predicted molar refractivity (Wildman–Crippen MR) is 134 cm³/mol. The molecular weight excluding hydrogens is 422 g/mol. The van der Waals surface area contributed by atoms with Gasteiger partial charge in [-0.05, 0) is 105 Å². The van der Waals surface area contributed by atoms with Gasteiger partial charge in [0.05, 0.1) is 19.0 Å². The van der Waals surface area contributed by atoms with Gasteiger partial charge in [-0.15, -0.1) is 0 Å². The van der Waals surface area contributed by atoms with Gasteiger partial charge in [0, 0.05) is 23.2 Å². The van der Waals surface area contributed by atoms with Crippen LogP contribution in [0.25, 0.3) is 11.3 Å². The third-order valence-corrected chi connectivity index (χ3v) is 10.4. The highest BCUT2D eigenvalue weighted by Gasteiger charge is 2.59. The number of allylic oxidation sites excluding steroid dienone is 1. The van der Waals surface area contributed by atoms with Crippen molar-refractivity contribution in [3.63, 3.8) is 0 Å². The van der Waals surface area contributed by atoms with E-state index in [-0.39, 0.29) is 11.5 Å². The van der Waals surface area contributed by atoms with Gasteiger partial charge in [0.15, 0.2) is 0 Å². The number of hydrogen-bond acceptors (Lipinski definition) is 4. The van der Waals surface area contributed by atoms with Crippen molar-refractivity contribution in [2.75, 3.05) is 6.61 Å². The highest BCUT2D eigenvalue weighted by Crippen LogP contribution is 2.68. The van der Waals surface area contributed by atoms with Gasteiger partial charge in [-0.1, -0.05) is 25.5 Å². The van der Waals surface area contributed by atoms with E-state index in [9.17, 15) is 5.11 Å². The van der Waals surface area contributed by atoms with E-state index in [1.54, 1.807) is 11.8 Å². The quantitative estimate of drug-likeness (QED) is 0.491. The van der Waals surface area contributed by atoms with E-state index in [0.717, 1.165) is 48.3 Å². The summed E-state index contributed by atoms with van der Waals surface area (Å²) in [6.07, 6.45) is 13.4. The molecule has 0 bridgehead atoms. The van der Waals surface area contributed by atoms with E-state index in [2.05, 4.69) is 26.0 Å². The summed E-state index contributed by atoms with van der Waals surface area (Å²) in [6.45, 7) is 7.70. The Hall–Kier alpha value is -2.07. The number of aliphatic hydroxyl groups is 1. The molecule has 0 amide bonds. The monoisotopic (exact) mass is 461 g/mol. The molecule has 1 N–H and O–H groups in total. The van der Waals surface area contributed by atoms with Crippen LogP contribution < -0.4 is 4.74 Å². The topological polar surface area (TPSA) is 55.5 Å². The van der Waals surface area contributed by atoms with Gasteiger partial charge >= 0.3 is 0 Å². The highest BCUT2D eigenvalue weighted by molar-refractivity contribution is 5.59. The zero-order chi connectivity index (χ0) is 23.5. The summed E-state index contributed by atoms with van der Waals surface area (Å²) in [7, 11) is 0. The van der Waals surface area contributed by atoms with Crippen LogP contribution in [0.2, 0.25) is 0 Å². The first kappa shape index (κ1) is 22.4. The van der Waals surface area contributed by atoms with Gasteiger partial charge in [0.2, 0.25) is 5.88 Å². The Kier molecular flexibility index (Phi) is 5.44. The minimum absolute atomic E-state index is 0.132. The molecule has 7 atom stereocenters. The van der Waals surface area contributed by atoms with Gasteiger partial charge in [0.25, 0.3) is 0 Å².